The molecule has 0 amide bonds. The number of alkyl halides is 1. The van der Waals surface area contributed by atoms with E-state index in [1.807, 2.05) is 0 Å². The molecule has 0 aliphatic heterocycles. The van der Waals surface area contributed by atoms with Crippen LogP contribution in [0.2, 0.25) is 0 Å². The summed E-state index contributed by atoms with van der Waals surface area (Å²) in [6, 6.07) is 0. The summed E-state index contributed by atoms with van der Waals surface area (Å²) in [5, 5.41) is 19.3. The Bertz CT molecular complexity index is 336. The third-order valence-corrected chi connectivity index (χ3v) is 1.97. The van der Waals surface area contributed by atoms with Crippen molar-refractivity contribution in [1.82, 2.24) is 9.55 Å². The van der Waals surface area contributed by atoms with Gasteiger partial charge < -0.3 is 15.2 Å². The van der Waals surface area contributed by atoms with Crippen molar-refractivity contribution in [3.05, 3.63) is 21.5 Å². The first-order chi connectivity index (χ1) is 6.11. The number of imidazole rings is 1. The largest absolute Gasteiger partial charge is 0.434 e. The number of nitro groups is 1. The summed E-state index contributed by atoms with van der Waals surface area (Å²) < 4.78 is 1.22. The Morgan fingerprint density at radius 1 is 1.77 bits per heavy atom. The second kappa shape index (κ2) is 3.71. The van der Waals surface area contributed by atoms with Gasteiger partial charge in [-0.2, -0.15) is 0 Å². The van der Waals surface area contributed by atoms with Gasteiger partial charge in [0.05, 0.1) is 12.9 Å². The first-order valence-corrected chi connectivity index (χ1v) is 4.01. The van der Waals surface area contributed by atoms with Crippen molar-refractivity contribution in [1.29, 1.82) is 0 Å². The molecule has 0 atom stereocenters. The van der Waals surface area contributed by atoms with Gasteiger partial charge in [0.2, 0.25) is 0 Å². The Balaban J connectivity index is 3.26. The fourth-order valence-electron chi connectivity index (χ4n) is 1.04. The van der Waals surface area contributed by atoms with Gasteiger partial charge in [-0.15, -0.1) is 11.6 Å². The van der Waals surface area contributed by atoms with Gasteiger partial charge in [-0.1, -0.05) is 4.98 Å². The number of nitrogens with zero attached hydrogens (tertiary/aromatic N) is 3. The van der Waals surface area contributed by atoms with Crippen molar-refractivity contribution in [2.75, 3.05) is 0 Å². The summed E-state index contributed by atoms with van der Waals surface area (Å²) in [5.41, 5.74) is 0.722. The smallest absolute Gasteiger partial charge is 0.390 e. The van der Waals surface area contributed by atoms with E-state index >= 15 is 0 Å². The van der Waals surface area contributed by atoms with Gasteiger partial charge in [0.1, 0.15) is 12.3 Å². The van der Waals surface area contributed by atoms with E-state index in [9.17, 15) is 10.1 Å². The van der Waals surface area contributed by atoms with Crippen molar-refractivity contribution < 1.29 is 10.0 Å². The third-order valence-electron chi connectivity index (χ3n) is 1.71. The van der Waals surface area contributed by atoms with E-state index < -0.39 is 4.92 Å². The molecule has 0 spiro atoms. The molecule has 0 aliphatic carbocycles. The number of aromatic nitrogens is 2. The zero-order chi connectivity index (χ0) is 10.0. The maximum Gasteiger partial charge on any atom is 0.434 e. The lowest BCUT2D eigenvalue weighted by atomic mass is 10.3. The zero-order valence-electron chi connectivity index (χ0n) is 6.90. The zero-order valence-corrected chi connectivity index (χ0v) is 7.65. The van der Waals surface area contributed by atoms with E-state index in [0.717, 1.165) is 0 Å². The van der Waals surface area contributed by atoms with Crippen LogP contribution in [0.4, 0.5) is 5.95 Å². The molecule has 1 heterocycles. The second-order valence-electron chi connectivity index (χ2n) is 2.41. The van der Waals surface area contributed by atoms with E-state index in [2.05, 4.69) is 4.98 Å². The number of halogens is 1. The van der Waals surface area contributed by atoms with Crippen LogP contribution in [0, 0.1) is 10.1 Å². The molecule has 0 radical (unpaired) electrons. The number of aliphatic hydroxyl groups is 1. The first-order valence-electron chi connectivity index (χ1n) is 3.47. The SMILES string of the molecule is Cn1c([N+](=O)[O-])nc(CCl)c1CO. The second-order valence-corrected chi connectivity index (χ2v) is 2.68. The molecule has 1 aromatic heterocycles. The van der Waals surface area contributed by atoms with Gasteiger partial charge in [0.25, 0.3) is 0 Å². The third kappa shape index (κ3) is 1.63. The molecule has 1 N–H and O–H groups in total. The van der Waals surface area contributed by atoms with Gasteiger partial charge in [0, 0.05) is 0 Å². The molecule has 0 fully saturated rings. The van der Waals surface area contributed by atoms with Gasteiger partial charge in [-0.25, -0.2) is 4.57 Å². The highest BCUT2D eigenvalue weighted by atomic mass is 35.5. The lowest BCUT2D eigenvalue weighted by Gasteiger charge is -1.95. The molecule has 1 aromatic rings. The minimum absolute atomic E-state index is 0.0531. The fraction of sp³-hybridized carbons (Fsp3) is 0.500. The molecule has 6 nitrogen and oxygen atoms in total. The summed E-state index contributed by atoms with van der Waals surface area (Å²) in [5.74, 6) is -0.253. The highest BCUT2D eigenvalue weighted by molar-refractivity contribution is 6.17. The molecule has 0 aliphatic rings. The number of hydrogen-bond acceptors (Lipinski definition) is 4. The Kier molecular flexibility index (Phi) is 2.84. The lowest BCUT2D eigenvalue weighted by molar-refractivity contribution is -0.396. The first kappa shape index (κ1) is 9.94. The minimum Gasteiger partial charge on any atom is -0.390 e. The maximum absolute atomic E-state index is 10.4. The molecular weight excluding hydrogens is 198 g/mol. The Hall–Kier alpha value is -1.14. The average Bonchev–Trinajstić information content (AvgIpc) is 2.41. The summed E-state index contributed by atoms with van der Waals surface area (Å²) in [7, 11) is 1.47. The normalized spacial score (nSPS) is 10.4. The predicted octanol–water partition coefficient (Wildman–Crippen LogP) is 0.559. The topological polar surface area (TPSA) is 81.2 Å². The van der Waals surface area contributed by atoms with Crippen molar-refractivity contribution >= 4 is 17.5 Å². The standard InChI is InChI=1S/C6H8ClN3O3/c1-9-5(3-11)4(2-7)8-6(9)10(12)13/h11H,2-3H2,1H3. The molecule has 0 saturated heterocycles. The van der Waals surface area contributed by atoms with Gasteiger partial charge in [0.15, 0.2) is 5.69 Å². The van der Waals surface area contributed by atoms with Gasteiger partial charge in [-0.05, 0) is 4.92 Å². The van der Waals surface area contributed by atoms with E-state index in [1.54, 1.807) is 0 Å². The number of aliphatic hydroxyl groups excluding tert-OH is 1. The average molecular weight is 206 g/mol. The molecule has 72 valence electrons. The molecular formula is C6H8ClN3O3. The van der Waals surface area contributed by atoms with Crippen molar-refractivity contribution in [3.8, 4) is 0 Å². The summed E-state index contributed by atoms with van der Waals surface area (Å²) in [6.45, 7) is -0.306. The van der Waals surface area contributed by atoms with E-state index in [0.29, 0.717) is 11.4 Å². The van der Waals surface area contributed by atoms with Gasteiger partial charge >= 0.3 is 5.95 Å². The molecule has 0 saturated carbocycles. The van der Waals surface area contributed by atoms with Crippen LogP contribution in [0.15, 0.2) is 0 Å². The van der Waals surface area contributed by atoms with Crippen LogP contribution < -0.4 is 0 Å². The van der Waals surface area contributed by atoms with Crippen molar-refractivity contribution in [3.63, 3.8) is 0 Å². The van der Waals surface area contributed by atoms with Gasteiger partial charge in [-0.3, -0.25) is 0 Å². The quantitative estimate of drug-likeness (QED) is 0.444. The van der Waals surface area contributed by atoms with Crippen LogP contribution in [0.3, 0.4) is 0 Å². The Morgan fingerprint density at radius 3 is 2.69 bits per heavy atom. The Labute approximate surface area is 78.9 Å². The Morgan fingerprint density at radius 2 is 2.38 bits per heavy atom. The van der Waals surface area contributed by atoms with Crippen LogP contribution in [-0.4, -0.2) is 19.6 Å². The number of rotatable bonds is 3. The minimum atomic E-state index is -0.616. The molecule has 0 aromatic carbocycles. The molecule has 0 unspecified atom stereocenters. The van der Waals surface area contributed by atoms with Crippen molar-refractivity contribution in [2.45, 2.75) is 12.5 Å². The van der Waals surface area contributed by atoms with E-state index in [1.165, 1.54) is 11.6 Å². The van der Waals surface area contributed by atoms with Crippen LogP contribution in [0.5, 0.6) is 0 Å². The summed E-state index contributed by atoms with van der Waals surface area (Å²) >= 11 is 5.49. The molecule has 13 heavy (non-hydrogen) atoms. The lowest BCUT2D eigenvalue weighted by Crippen LogP contribution is -2.02. The molecule has 1 rings (SSSR count). The van der Waals surface area contributed by atoms with Crippen LogP contribution in [0.1, 0.15) is 11.4 Å². The summed E-state index contributed by atoms with van der Waals surface area (Å²) in [6.07, 6.45) is 0. The summed E-state index contributed by atoms with van der Waals surface area (Å²) in [4.78, 5) is 13.5. The van der Waals surface area contributed by atoms with E-state index in [4.69, 9.17) is 16.7 Å². The molecule has 7 heteroatoms. The highest BCUT2D eigenvalue weighted by Gasteiger charge is 2.23. The fourth-order valence-corrected chi connectivity index (χ4v) is 1.26. The highest BCUT2D eigenvalue weighted by Crippen LogP contribution is 2.17. The predicted molar refractivity (Wildman–Crippen MR) is 45.3 cm³/mol. The number of hydrogen-bond donors (Lipinski definition) is 1. The molecule has 0 bridgehead atoms. The monoisotopic (exact) mass is 205 g/mol. The van der Waals surface area contributed by atoms with Crippen molar-refractivity contribution in [2.24, 2.45) is 7.05 Å². The van der Waals surface area contributed by atoms with Crippen LogP contribution >= 0.6 is 11.6 Å². The maximum atomic E-state index is 10.4. The van der Waals surface area contributed by atoms with E-state index in [-0.39, 0.29) is 18.4 Å². The van der Waals surface area contributed by atoms with Crippen LogP contribution in [-0.2, 0) is 19.5 Å². The van der Waals surface area contributed by atoms with Crippen LogP contribution in [0.25, 0.3) is 0 Å².